The topological polar surface area (TPSA) is 50.4 Å². The maximum absolute atomic E-state index is 13.2. The molecule has 0 radical (unpaired) electrons. The van der Waals surface area contributed by atoms with Crippen molar-refractivity contribution in [3.05, 3.63) is 89.5 Å². The molecule has 1 amide bonds. The summed E-state index contributed by atoms with van der Waals surface area (Å²) < 4.78 is 5.39. The summed E-state index contributed by atoms with van der Waals surface area (Å²) in [6, 6.07) is 22.9. The van der Waals surface area contributed by atoms with Gasteiger partial charge >= 0.3 is 0 Å². The van der Waals surface area contributed by atoms with E-state index in [-0.39, 0.29) is 5.91 Å². The zero-order chi connectivity index (χ0) is 19.2. The van der Waals surface area contributed by atoms with E-state index in [1.54, 1.807) is 7.11 Å². The van der Waals surface area contributed by atoms with Crippen molar-refractivity contribution >= 4 is 17.3 Å². The number of carbonyl (C=O) groups excluding carboxylic acids is 1. The summed E-state index contributed by atoms with van der Waals surface area (Å²) in [6.07, 6.45) is 0. The first kappa shape index (κ1) is 18.5. The standard InChI is InChI=1S/C23H24N2O2/c1-16-8-7-11-19(14-16)24-22(18-9-5-4-6-10-18)23(26)25-20-15-17(2)12-13-21(20)27-3/h4-15,22,24H,1-3H3,(H,25,26)/t22-/m0/s1. The molecule has 0 bridgehead atoms. The Morgan fingerprint density at radius 3 is 2.33 bits per heavy atom. The quantitative estimate of drug-likeness (QED) is 0.643. The van der Waals surface area contributed by atoms with Crippen LogP contribution in [0.3, 0.4) is 0 Å². The van der Waals surface area contributed by atoms with Crippen molar-refractivity contribution < 1.29 is 9.53 Å². The molecule has 0 aliphatic rings. The van der Waals surface area contributed by atoms with Crippen molar-refractivity contribution in [2.45, 2.75) is 19.9 Å². The molecule has 0 aromatic heterocycles. The van der Waals surface area contributed by atoms with Gasteiger partial charge < -0.3 is 15.4 Å². The molecule has 0 fully saturated rings. The van der Waals surface area contributed by atoms with Gasteiger partial charge in [-0.25, -0.2) is 0 Å². The first-order valence-electron chi connectivity index (χ1n) is 8.90. The third-order valence-electron chi connectivity index (χ3n) is 4.34. The third-order valence-corrected chi connectivity index (χ3v) is 4.34. The summed E-state index contributed by atoms with van der Waals surface area (Å²) in [7, 11) is 1.60. The maximum Gasteiger partial charge on any atom is 0.251 e. The molecule has 0 unspecified atom stereocenters. The van der Waals surface area contributed by atoms with Gasteiger partial charge in [0.15, 0.2) is 0 Å². The van der Waals surface area contributed by atoms with Crippen molar-refractivity contribution in [3.63, 3.8) is 0 Å². The lowest BCUT2D eigenvalue weighted by molar-refractivity contribution is -0.117. The minimum atomic E-state index is -0.529. The lowest BCUT2D eigenvalue weighted by Gasteiger charge is -2.21. The lowest BCUT2D eigenvalue weighted by atomic mass is 10.0. The van der Waals surface area contributed by atoms with Gasteiger partial charge in [0, 0.05) is 5.69 Å². The second-order valence-corrected chi connectivity index (χ2v) is 6.55. The molecular weight excluding hydrogens is 336 g/mol. The Kier molecular flexibility index (Phi) is 5.77. The summed E-state index contributed by atoms with van der Waals surface area (Å²) in [5, 5.41) is 6.36. The number of carbonyl (C=O) groups is 1. The molecule has 0 spiro atoms. The Morgan fingerprint density at radius 1 is 0.889 bits per heavy atom. The molecule has 0 heterocycles. The van der Waals surface area contributed by atoms with Crippen LogP contribution in [-0.4, -0.2) is 13.0 Å². The molecule has 0 saturated carbocycles. The van der Waals surface area contributed by atoms with Crippen LogP contribution in [0.4, 0.5) is 11.4 Å². The molecule has 0 aliphatic heterocycles. The number of hydrogen-bond donors (Lipinski definition) is 2. The van der Waals surface area contributed by atoms with Crippen LogP contribution in [0.25, 0.3) is 0 Å². The number of nitrogens with one attached hydrogen (secondary N) is 2. The SMILES string of the molecule is COc1ccc(C)cc1NC(=O)[C@@H](Nc1cccc(C)c1)c1ccccc1. The average molecular weight is 360 g/mol. The summed E-state index contributed by atoms with van der Waals surface area (Å²) in [6.45, 7) is 4.01. The van der Waals surface area contributed by atoms with E-state index >= 15 is 0 Å². The van der Waals surface area contributed by atoms with E-state index in [2.05, 4.69) is 10.6 Å². The molecule has 0 aliphatic carbocycles. The van der Waals surface area contributed by atoms with Crippen molar-refractivity contribution in [1.82, 2.24) is 0 Å². The second-order valence-electron chi connectivity index (χ2n) is 6.55. The van der Waals surface area contributed by atoms with Crippen LogP contribution in [0, 0.1) is 13.8 Å². The predicted molar refractivity (Wildman–Crippen MR) is 110 cm³/mol. The fourth-order valence-corrected chi connectivity index (χ4v) is 2.97. The number of aryl methyl sites for hydroxylation is 2. The van der Waals surface area contributed by atoms with Crippen LogP contribution in [0.2, 0.25) is 0 Å². The number of benzene rings is 3. The van der Waals surface area contributed by atoms with Gasteiger partial charge in [-0.2, -0.15) is 0 Å². The third kappa shape index (κ3) is 4.67. The highest BCUT2D eigenvalue weighted by Gasteiger charge is 2.21. The van der Waals surface area contributed by atoms with E-state index in [1.807, 2.05) is 86.6 Å². The summed E-state index contributed by atoms with van der Waals surface area (Å²) in [5.41, 5.74) is 4.63. The van der Waals surface area contributed by atoms with Crippen molar-refractivity contribution in [2.24, 2.45) is 0 Å². The highest BCUT2D eigenvalue weighted by atomic mass is 16.5. The minimum absolute atomic E-state index is 0.147. The van der Waals surface area contributed by atoms with E-state index in [1.165, 1.54) is 0 Å². The number of amides is 1. The molecular formula is C23H24N2O2. The van der Waals surface area contributed by atoms with Crippen LogP contribution in [0.1, 0.15) is 22.7 Å². The molecule has 27 heavy (non-hydrogen) atoms. The Bertz CT molecular complexity index is 923. The number of anilines is 2. The van der Waals surface area contributed by atoms with Gasteiger partial charge in [-0.15, -0.1) is 0 Å². The molecule has 1 atom stereocenters. The van der Waals surface area contributed by atoms with Gasteiger partial charge in [-0.05, 0) is 54.8 Å². The van der Waals surface area contributed by atoms with Crippen LogP contribution in [-0.2, 0) is 4.79 Å². The summed E-state index contributed by atoms with van der Waals surface area (Å²) >= 11 is 0. The zero-order valence-corrected chi connectivity index (χ0v) is 15.8. The molecule has 3 aromatic rings. The Labute approximate surface area is 160 Å². The molecule has 2 N–H and O–H groups in total. The van der Waals surface area contributed by atoms with Crippen LogP contribution in [0.5, 0.6) is 5.75 Å². The molecule has 138 valence electrons. The highest BCUT2D eigenvalue weighted by Crippen LogP contribution is 2.28. The van der Waals surface area contributed by atoms with E-state index in [0.29, 0.717) is 11.4 Å². The van der Waals surface area contributed by atoms with E-state index < -0.39 is 6.04 Å². The molecule has 0 saturated heterocycles. The van der Waals surface area contributed by atoms with Gasteiger partial charge in [0.1, 0.15) is 11.8 Å². The van der Waals surface area contributed by atoms with Gasteiger partial charge in [0.25, 0.3) is 5.91 Å². The van der Waals surface area contributed by atoms with E-state index in [9.17, 15) is 4.79 Å². The molecule has 3 aromatic carbocycles. The summed E-state index contributed by atoms with van der Waals surface area (Å²) in [4.78, 5) is 13.2. The van der Waals surface area contributed by atoms with E-state index in [0.717, 1.165) is 22.4 Å². The van der Waals surface area contributed by atoms with Gasteiger partial charge in [-0.3, -0.25) is 4.79 Å². The minimum Gasteiger partial charge on any atom is -0.495 e. The molecule has 4 heteroatoms. The molecule has 4 nitrogen and oxygen atoms in total. The number of rotatable bonds is 6. The van der Waals surface area contributed by atoms with Crippen LogP contribution < -0.4 is 15.4 Å². The summed E-state index contributed by atoms with van der Waals surface area (Å²) in [5.74, 6) is 0.489. The average Bonchev–Trinajstić information content (AvgIpc) is 2.67. The monoisotopic (exact) mass is 360 g/mol. The number of ether oxygens (including phenoxy) is 1. The highest BCUT2D eigenvalue weighted by molar-refractivity contribution is 5.98. The smallest absolute Gasteiger partial charge is 0.251 e. The van der Waals surface area contributed by atoms with Crippen molar-refractivity contribution in [1.29, 1.82) is 0 Å². The first-order chi connectivity index (χ1) is 13.1. The first-order valence-corrected chi connectivity index (χ1v) is 8.90. The Hall–Kier alpha value is -3.27. The number of hydrogen-bond acceptors (Lipinski definition) is 3. The maximum atomic E-state index is 13.2. The van der Waals surface area contributed by atoms with Gasteiger partial charge in [0.05, 0.1) is 12.8 Å². The second kappa shape index (κ2) is 8.41. The molecule has 3 rings (SSSR count). The largest absolute Gasteiger partial charge is 0.495 e. The van der Waals surface area contributed by atoms with Gasteiger partial charge in [-0.1, -0.05) is 48.5 Å². The van der Waals surface area contributed by atoms with E-state index in [4.69, 9.17) is 4.74 Å². The van der Waals surface area contributed by atoms with Crippen LogP contribution >= 0.6 is 0 Å². The fraction of sp³-hybridized carbons (Fsp3) is 0.174. The zero-order valence-electron chi connectivity index (χ0n) is 15.8. The Balaban J connectivity index is 1.91. The van der Waals surface area contributed by atoms with Crippen LogP contribution in [0.15, 0.2) is 72.8 Å². The predicted octanol–water partition coefficient (Wildman–Crippen LogP) is 5.10. The Morgan fingerprint density at radius 2 is 1.63 bits per heavy atom. The van der Waals surface area contributed by atoms with Gasteiger partial charge in [0.2, 0.25) is 0 Å². The van der Waals surface area contributed by atoms with Crippen molar-refractivity contribution in [2.75, 3.05) is 17.7 Å². The number of methoxy groups -OCH3 is 1. The van der Waals surface area contributed by atoms with Crippen molar-refractivity contribution in [3.8, 4) is 5.75 Å². The normalized spacial score (nSPS) is 11.5. The fourth-order valence-electron chi connectivity index (χ4n) is 2.97. The lowest BCUT2D eigenvalue weighted by Crippen LogP contribution is -2.27.